The zero-order chi connectivity index (χ0) is 14.0. The molecule has 1 amide bonds. The topological polar surface area (TPSA) is 38.8 Å². The van der Waals surface area contributed by atoms with Crippen LogP contribution >= 0.6 is 11.6 Å². The Morgan fingerprint density at radius 1 is 1.37 bits per heavy atom. The van der Waals surface area contributed by atoms with E-state index in [2.05, 4.69) is 0 Å². The quantitative estimate of drug-likeness (QED) is 0.835. The molecule has 1 aliphatic rings. The summed E-state index contributed by atoms with van der Waals surface area (Å²) < 4.78 is 11.0. The van der Waals surface area contributed by atoms with E-state index in [1.807, 2.05) is 32.9 Å². The number of nitrogens with zero attached hydrogens (tertiary/aromatic N) is 1. The molecule has 5 heteroatoms. The van der Waals surface area contributed by atoms with Gasteiger partial charge >= 0.3 is 6.09 Å². The van der Waals surface area contributed by atoms with Crippen LogP contribution in [-0.4, -0.2) is 35.8 Å². The van der Waals surface area contributed by atoms with E-state index in [4.69, 9.17) is 21.1 Å². The molecule has 0 N–H and O–H groups in total. The number of rotatable bonds is 2. The highest BCUT2D eigenvalue weighted by Crippen LogP contribution is 2.22. The van der Waals surface area contributed by atoms with E-state index < -0.39 is 5.60 Å². The molecule has 0 aliphatic carbocycles. The van der Waals surface area contributed by atoms with Gasteiger partial charge in [-0.2, -0.15) is 0 Å². The van der Waals surface area contributed by atoms with Crippen LogP contribution in [0.5, 0.6) is 5.75 Å². The Kier molecular flexibility index (Phi) is 3.90. The number of benzene rings is 1. The van der Waals surface area contributed by atoms with Gasteiger partial charge in [0, 0.05) is 5.02 Å². The van der Waals surface area contributed by atoms with E-state index in [9.17, 15) is 4.79 Å². The molecule has 0 atom stereocenters. The summed E-state index contributed by atoms with van der Waals surface area (Å²) in [6.07, 6.45) is -0.288. The monoisotopic (exact) mass is 283 g/mol. The summed E-state index contributed by atoms with van der Waals surface area (Å²) in [6, 6.07) is 7.24. The lowest BCUT2D eigenvalue weighted by Gasteiger charge is -2.39. The predicted molar refractivity (Wildman–Crippen MR) is 73.7 cm³/mol. The lowest BCUT2D eigenvalue weighted by Crippen LogP contribution is -2.57. The molecule has 0 radical (unpaired) electrons. The van der Waals surface area contributed by atoms with Gasteiger partial charge in [0.2, 0.25) is 0 Å². The third-order valence-corrected chi connectivity index (χ3v) is 2.83. The van der Waals surface area contributed by atoms with Gasteiger partial charge in [-0.15, -0.1) is 0 Å². The normalized spacial score (nSPS) is 15.9. The summed E-state index contributed by atoms with van der Waals surface area (Å²) in [4.78, 5) is 13.3. The summed E-state index contributed by atoms with van der Waals surface area (Å²) >= 11 is 5.88. The van der Waals surface area contributed by atoms with Gasteiger partial charge in [-0.05, 0) is 39.0 Å². The molecule has 0 saturated carbocycles. The maximum absolute atomic E-state index is 11.7. The van der Waals surface area contributed by atoms with E-state index in [-0.39, 0.29) is 12.2 Å². The van der Waals surface area contributed by atoms with Crippen molar-refractivity contribution in [2.24, 2.45) is 0 Å². The van der Waals surface area contributed by atoms with Gasteiger partial charge in [0.1, 0.15) is 17.5 Å². The first-order valence-electron chi connectivity index (χ1n) is 6.24. The second-order valence-electron chi connectivity index (χ2n) is 5.58. The van der Waals surface area contributed by atoms with Crippen molar-refractivity contribution in [3.05, 3.63) is 29.3 Å². The van der Waals surface area contributed by atoms with Crippen LogP contribution in [0.1, 0.15) is 20.8 Å². The molecule has 104 valence electrons. The molecule has 1 fully saturated rings. The van der Waals surface area contributed by atoms with E-state index >= 15 is 0 Å². The second kappa shape index (κ2) is 5.29. The van der Waals surface area contributed by atoms with Crippen LogP contribution < -0.4 is 4.74 Å². The smallest absolute Gasteiger partial charge is 0.410 e. The van der Waals surface area contributed by atoms with Crippen molar-refractivity contribution < 1.29 is 14.3 Å². The summed E-state index contributed by atoms with van der Waals surface area (Å²) in [5.74, 6) is 0.723. The fourth-order valence-corrected chi connectivity index (χ4v) is 1.90. The van der Waals surface area contributed by atoms with Crippen molar-refractivity contribution in [3.8, 4) is 5.75 Å². The van der Waals surface area contributed by atoms with E-state index in [1.54, 1.807) is 17.0 Å². The largest absolute Gasteiger partial charge is 0.487 e. The van der Waals surface area contributed by atoms with Crippen LogP contribution in [0, 0.1) is 0 Å². The van der Waals surface area contributed by atoms with Crippen LogP contribution in [-0.2, 0) is 4.74 Å². The minimum Gasteiger partial charge on any atom is -0.487 e. The molecule has 1 aromatic rings. The minimum absolute atomic E-state index is 0.00554. The zero-order valence-electron chi connectivity index (χ0n) is 11.4. The lowest BCUT2D eigenvalue weighted by molar-refractivity contribution is -0.0221. The van der Waals surface area contributed by atoms with Crippen molar-refractivity contribution in [3.63, 3.8) is 0 Å². The Morgan fingerprint density at radius 2 is 2.05 bits per heavy atom. The highest BCUT2D eigenvalue weighted by Gasteiger charge is 2.35. The van der Waals surface area contributed by atoms with Gasteiger partial charge < -0.3 is 14.4 Å². The van der Waals surface area contributed by atoms with Gasteiger partial charge in [-0.1, -0.05) is 17.7 Å². The Morgan fingerprint density at radius 3 is 2.63 bits per heavy atom. The standard InChI is InChI=1S/C14H18ClNO3/c1-14(2,3)19-13(17)16-8-12(9-16)18-11-6-4-5-10(15)7-11/h4-7,12H,8-9H2,1-3H3. The lowest BCUT2D eigenvalue weighted by atomic mass is 10.1. The van der Waals surface area contributed by atoms with Gasteiger partial charge in [-0.3, -0.25) is 0 Å². The van der Waals surface area contributed by atoms with Gasteiger partial charge in [0.25, 0.3) is 0 Å². The average molecular weight is 284 g/mol. The summed E-state index contributed by atoms with van der Waals surface area (Å²) in [6.45, 7) is 6.64. The van der Waals surface area contributed by atoms with Crippen LogP contribution in [0.15, 0.2) is 24.3 Å². The number of hydrogen-bond donors (Lipinski definition) is 0. The minimum atomic E-state index is -0.462. The molecule has 1 heterocycles. The Bertz CT molecular complexity index is 464. The molecule has 0 bridgehead atoms. The molecular weight excluding hydrogens is 266 g/mol. The predicted octanol–water partition coefficient (Wildman–Crippen LogP) is 3.34. The van der Waals surface area contributed by atoms with Gasteiger partial charge in [0.05, 0.1) is 13.1 Å². The molecule has 1 saturated heterocycles. The number of carbonyl (C=O) groups excluding carboxylic acids is 1. The first-order chi connectivity index (χ1) is 8.83. The van der Waals surface area contributed by atoms with Gasteiger partial charge in [-0.25, -0.2) is 4.79 Å². The molecule has 1 aromatic carbocycles. The van der Waals surface area contributed by atoms with Crippen LogP contribution in [0.25, 0.3) is 0 Å². The highest BCUT2D eigenvalue weighted by atomic mass is 35.5. The maximum atomic E-state index is 11.7. The number of amides is 1. The molecule has 4 nitrogen and oxygen atoms in total. The van der Waals surface area contributed by atoms with Crippen molar-refractivity contribution in [2.45, 2.75) is 32.5 Å². The van der Waals surface area contributed by atoms with Crippen molar-refractivity contribution in [2.75, 3.05) is 13.1 Å². The molecule has 0 unspecified atom stereocenters. The molecule has 0 aromatic heterocycles. The molecule has 1 aliphatic heterocycles. The van der Waals surface area contributed by atoms with Crippen LogP contribution in [0.4, 0.5) is 4.79 Å². The Labute approximate surface area is 118 Å². The maximum Gasteiger partial charge on any atom is 0.410 e. The summed E-state index contributed by atoms with van der Waals surface area (Å²) in [7, 11) is 0. The van der Waals surface area contributed by atoms with E-state index in [1.165, 1.54) is 0 Å². The number of likely N-dealkylation sites (tertiary alicyclic amines) is 1. The van der Waals surface area contributed by atoms with Crippen molar-refractivity contribution in [1.82, 2.24) is 4.90 Å². The van der Waals surface area contributed by atoms with Crippen molar-refractivity contribution >= 4 is 17.7 Å². The molecular formula is C14H18ClNO3. The SMILES string of the molecule is CC(C)(C)OC(=O)N1CC(Oc2cccc(Cl)c2)C1. The Balaban J connectivity index is 1.79. The number of hydrogen-bond acceptors (Lipinski definition) is 3. The second-order valence-corrected chi connectivity index (χ2v) is 6.02. The Hall–Kier alpha value is -1.42. The number of carbonyl (C=O) groups is 1. The van der Waals surface area contributed by atoms with E-state index in [0.717, 1.165) is 5.75 Å². The fourth-order valence-electron chi connectivity index (χ4n) is 1.72. The molecule has 19 heavy (non-hydrogen) atoms. The fraction of sp³-hybridized carbons (Fsp3) is 0.500. The average Bonchev–Trinajstić information content (AvgIpc) is 2.20. The summed E-state index contributed by atoms with van der Waals surface area (Å²) in [5, 5.41) is 0.640. The third-order valence-electron chi connectivity index (χ3n) is 2.60. The van der Waals surface area contributed by atoms with Crippen molar-refractivity contribution in [1.29, 1.82) is 0 Å². The number of halogens is 1. The number of ether oxygens (including phenoxy) is 2. The summed E-state index contributed by atoms with van der Waals surface area (Å²) in [5.41, 5.74) is -0.462. The van der Waals surface area contributed by atoms with E-state index in [0.29, 0.717) is 18.1 Å². The van der Waals surface area contributed by atoms with Crippen LogP contribution in [0.3, 0.4) is 0 Å². The molecule has 2 rings (SSSR count). The third kappa shape index (κ3) is 4.03. The first kappa shape index (κ1) is 14.0. The first-order valence-corrected chi connectivity index (χ1v) is 6.61. The highest BCUT2D eigenvalue weighted by molar-refractivity contribution is 6.30. The van der Waals surface area contributed by atoms with Crippen LogP contribution in [0.2, 0.25) is 5.02 Å². The van der Waals surface area contributed by atoms with Gasteiger partial charge in [0.15, 0.2) is 0 Å². The molecule has 0 spiro atoms. The zero-order valence-corrected chi connectivity index (χ0v) is 12.1.